The zero-order valence-corrected chi connectivity index (χ0v) is 6.23. The van der Waals surface area contributed by atoms with Crippen LogP contribution in [0.5, 0.6) is 0 Å². The number of carbonyl (C=O) groups excluding carboxylic acids is 1. The van der Waals surface area contributed by atoms with E-state index in [1.54, 1.807) is 0 Å². The lowest BCUT2D eigenvalue weighted by atomic mass is 10.3. The highest BCUT2D eigenvalue weighted by Gasteiger charge is 2.03. The van der Waals surface area contributed by atoms with Gasteiger partial charge >= 0.3 is 5.97 Å². The standard InChI is InChI=1S/C5H9NO3.ClH/c6-3-4(7)1-2-5(8)9;/h1-3,6H2,(H,8,9);1H/i3+1,5+1;. The summed E-state index contributed by atoms with van der Waals surface area (Å²) in [4.78, 5) is 20.2. The third-order valence-corrected chi connectivity index (χ3v) is 0.897. The smallest absolute Gasteiger partial charge is 0.303 e. The van der Waals surface area contributed by atoms with Crippen molar-refractivity contribution in [3.8, 4) is 0 Å². The number of carbonyl (C=O) groups is 2. The molecule has 0 radical (unpaired) electrons. The van der Waals surface area contributed by atoms with E-state index < -0.39 is 5.97 Å². The Morgan fingerprint density at radius 3 is 2.10 bits per heavy atom. The molecule has 4 nitrogen and oxygen atoms in total. The van der Waals surface area contributed by atoms with Gasteiger partial charge in [0.05, 0.1) is 6.42 Å². The van der Waals surface area contributed by atoms with E-state index in [0.29, 0.717) is 0 Å². The summed E-state index contributed by atoms with van der Waals surface area (Å²) in [6.07, 6.45) is 0.0349. The number of rotatable bonds is 4. The van der Waals surface area contributed by atoms with Crippen molar-refractivity contribution < 1.29 is 32.8 Å². The van der Waals surface area contributed by atoms with Crippen molar-refractivity contribution in [2.24, 2.45) is 0 Å². The Hall–Kier alpha value is -0.610. The van der Waals surface area contributed by atoms with Gasteiger partial charge in [0.1, 0.15) is 6.54 Å². The SMILES string of the molecule is [Cl-].[NH3+][13CH2]C(=O)CC[13C](=O)O. The lowest BCUT2D eigenvalue weighted by Gasteiger charge is -1.88. The van der Waals surface area contributed by atoms with Gasteiger partial charge in [-0.15, -0.1) is 0 Å². The zero-order valence-electron chi connectivity index (χ0n) is 5.47. The fourth-order valence-corrected chi connectivity index (χ4v) is 0.371. The maximum atomic E-state index is 10.4. The van der Waals surface area contributed by atoms with E-state index in [2.05, 4.69) is 5.73 Å². The molecule has 0 aromatic carbocycles. The van der Waals surface area contributed by atoms with Gasteiger partial charge < -0.3 is 23.2 Å². The topological polar surface area (TPSA) is 82.0 Å². The first-order chi connectivity index (χ1) is 4.16. The van der Waals surface area contributed by atoms with Gasteiger partial charge in [-0.2, -0.15) is 0 Å². The number of hydrogen-bond donors (Lipinski definition) is 2. The van der Waals surface area contributed by atoms with Gasteiger partial charge in [-0.3, -0.25) is 9.59 Å². The lowest BCUT2D eigenvalue weighted by molar-refractivity contribution is -0.354. The molecule has 0 amide bonds. The second-order valence-electron chi connectivity index (χ2n) is 1.68. The average Bonchev–Trinajstić information content (AvgIpc) is 1.83. The summed E-state index contributed by atoms with van der Waals surface area (Å²) >= 11 is 0. The van der Waals surface area contributed by atoms with Crippen LogP contribution in [0.3, 0.4) is 0 Å². The van der Waals surface area contributed by atoms with Crippen LogP contribution in [0.2, 0.25) is 0 Å². The van der Waals surface area contributed by atoms with Crippen molar-refractivity contribution in [2.45, 2.75) is 12.8 Å². The minimum absolute atomic E-state index is 0. The van der Waals surface area contributed by atoms with Crippen LogP contribution in [0, 0.1) is 0 Å². The molecule has 0 saturated heterocycles. The predicted octanol–water partition coefficient (Wildman–Crippen LogP) is -4.33. The van der Waals surface area contributed by atoms with Crippen LogP contribution < -0.4 is 18.1 Å². The molecular formula is C5H10ClNO3. The third kappa shape index (κ3) is 7.39. The molecular weight excluding hydrogens is 159 g/mol. The average molecular weight is 170 g/mol. The van der Waals surface area contributed by atoms with E-state index in [0.717, 1.165) is 0 Å². The Labute approximate surface area is 64.8 Å². The Bertz CT molecular complexity index is 126. The highest BCUT2D eigenvalue weighted by molar-refractivity contribution is 5.82. The zero-order chi connectivity index (χ0) is 7.28. The van der Waals surface area contributed by atoms with Crippen molar-refractivity contribution in [3.05, 3.63) is 0 Å². The summed E-state index contributed by atoms with van der Waals surface area (Å²) in [5.74, 6) is -1.03. The van der Waals surface area contributed by atoms with Gasteiger partial charge in [-0.1, -0.05) is 0 Å². The van der Waals surface area contributed by atoms with Gasteiger partial charge in [0.2, 0.25) is 0 Å². The Balaban J connectivity index is 0. The van der Waals surface area contributed by atoms with E-state index in [1.165, 1.54) is 0 Å². The number of ketones is 1. The molecule has 0 heterocycles. The molecule has 0 fully saturated rings. The van der Waals surface area contributed by atoms with Crippen molar-refractivity contribution in [3.63, 3.8) is 0 Å². The summed E-state index contributed by atoms with van der Waals surface area (Å²) in [5, 5.41) is 8.09. The van der Waals surface area contributed by atoms with Crippen molar-refractivity contribution >= 4 is 11.8 Å². The molecule has 5 heteroatoms. The molecule has 0 aromatic heterocycles. The monoisotopic (exact) mass is 169 g/mol. The minimum Gasteiger partial charge on any atom is -1.00 e. The molecule has 0 rings (SSSR count). The number of carboxylic acid groups (broad SMARTS) is 1. The van der Waals surface area contributed by atoms with E-state index in [4.69, 9.17) is 5.11 Å². The maximum Gasteiger partial charge on any atom is 0.303 e. The van der Waals surface area contributed by atoms with Gasteiger partial charge in [-0.25, -0.2) is 0 Å². The Morgan fingerprint density at radius 1 is 1.30 bits per heavy atom. The Kier molecular flexibility index (Phi) is 7.88. The van der Waals surface area contributed by atoms with Crippen LogP contribution in [0.4, 0.5) is 0 Å². The van der Waals surface area contributed by atoms with Crippen LogP contribution >= 0.6 is 0 Å². The summed E-state index contributed by atoms with van der Waals surface area (Å²) in [5.41, 5.74) is 3.32. The lowest BCUT2D eigenvalue weighted by Crippen LogP contribution is -3.00. The molecule has 60 valence electrons. The predicted molar refractivity (Wildman–Crippen MR) is 29.6 cm³/mol. The van der Waals surface area contributed by atoms with E-state index in [1.807, 2.05) is 0 Å². The molecule has 0 saturated carbocycles. The van der Waals surface area contributed by atoms with Gasteiger partial charge in [-0.05, 0) is 0 Å². The first-order valence-electron chi connectivity index (χ1n) is 2.69. The number of carboxylic acids is 1. The van der Waals surface area contributed by atoms with E-state index in [-0.39, 0.29) is 37.6 Å². The van der Waals surface area contributed by atoms with Crippen LogP contribution in [-0.2, 0) is 9.59 Å². The molecule has 0 spiro atoms. The maximum absolute atomic E-state index is 10.4. The Morgan fingerprint density at radius 2 is 1.80 bits per heavy atom. The highest BCUT2D eigenvalue weighted by Crippen LogP contribution is 1.87. The molecule has 0 aliphatic heterocycles. The number of quaternary nitrogens is 1. The summed E-state index contributed by atoms with van der Waals surface area (Å²) in [6.45, 7) is 0.188. The van der Waals surface area contributed by atoms with Crippen LogP contribution in [0.15, 0.2) is 0 Å². The fraction of sp³-hybridized carbons (Fsp3) is 0.600. The molecule has 0 unspecified atom stereocenters. The fourth-order valence-electron chi connectivity index (χ4n) is 0.371. The highest BCUT2D eigenvalue weighted by atomic mass is 35.5. The van der Waals surface area contributed by atoms with Crippen LogP contribution in [-0.4, -0.2) is 23.4 Å². The second-order valence-corrected chi connectivity index (χ2v) is 1.68. The van der Waals surface area contributed by atoms with Crippen LogP contribution in [0.1, 0.15) is 12.8 Å². The molecule has 10 heavy (non-hydrogen) atoms. The van der Waals surface area contributed by atoms with Gasteiger partial charge in [0.25, 0.3) is 0 Å². The van der Waals surface area contributed by atoms with E-state index in [9.17, 15) is 9.59 Å². The molecule has 0 atom stereocenters. The summed E-state index contributed by atoms with van der Waals surface area (Å²) in [7, 11) is 0. The minimum atomic E-state index is -0.934. The molecule has 0 bridgehead atoms. The first-order valence-corrected chi connectivity index (χ1v) is 2.69. The first kappa shape index (κ1) is 12.1. The van der Waals surface area contributed by atoms with Crippen molar-refractivity contribution in [1.82, 2.24) is 0 Å². The second kappa shape index (κ2) is 6.51. The van der Waals surface area contributed by atoms with Crippen molar-refractivity contribution in [2.75, 3.05) is 6.54 Å². The number of aliphatic carboxylic acids is 1. The summed E-state index contributed by atoms with van der Waals surface area (Å²) in [6, 6.07) is 0. The van der Waals surface area contributed by atoms with Crippen LogP contribution in [0.25, 0.3) is 0 Å². The van der Waals surface area contributed by atoms with E-state index >= 15 is 0 Å². The van der Waals surface area contributed by atoms with Crippen molar-refractivity contribution in [1.29, 1.82) is 0 Å². The van der Waals surface area contributed by atoms with Gasteiger partial charge in [0.15, 0.2) is 5.78 Å². The largest absolute Gasteiger partial charge is 1.00 e. The molecule has 0 aliphatic rings. The molecule has 0 aromatic rings. The third-order valence-electron chi connectivity index (χ3n) is 0.897. The molecule has 4 N–H and O–H groups in total. The van der Waals surface area contributed by atoms with Gasteiger partial charge in [0, 0.05) is 6.42 Å². The summed E-state index contributed by atoms with van der Waals surface area (Å²) < 4.78 is 0. The number of hydrogen-bond acceptors (Lipinski definition) is 2. The normalized spacial score (nSPS) is 8.10. The number of halogens is 1. The number of Topliss-reactive ketones (excluding diaryl/α,β-unsaturated/α-hetero) is 1. The molecule has 0 aliphatic carbocycles. The quantitative estimate of drug-likeness (QED) is 0.418.